The summed E-state index contributed by atoms with van der Waals surface area (Å²) in [5.74, 6) is 0.000298. The van der Waals surface area contributed by atoms with Crippen molar-refractivity contribution >= 4 is 28.3 Å². The second-order valence-electron chi connectivity index (χ2n) is 6.80. The fourth-order valence-electron chi connectivity index (χ4n) is 2.69. The molecule has 2 aromatic carbocycles. The molecule has 1 aromatic heterocycles. The highest BCUT2D eigenvalue weighted by molar-refractivity contribution is 7.14. The average Bonchev–Trinajstić information content (AvgIpc) is 3.15. The molecular weight excluding hydrogens is 370 g/mol. The summed E-state index contributed by atoms with van der Waals surface area (Å²) in [6.07, 6.45) is 0.252. The van der Waals surface area contributed by atoms with Gasteiger partial charge in [0.15, 0.2) is 5.13 Å². The van der Waals surface area contributed by atoms with Crippen LogP contribution in [0.25, 0.3) is 11.3 Å². The van der Waals surface area contributed by atoms with Crippen LogP contribution in [0.15, 0.2) is 60.0 Å². The van der Waals surface area contributed by atoms with Gasteiger partial charge in [-0.15, -0.1) is 11.3 Å². The molecule has 0 spiro atoms. The van der Waals surface area contributed by atoms with Gasteiger partial charge in [-0.3, -0.25) is 9.59 Å². The Morgan fingerprint density at radius 1 is 1.00 bits per heavy atom. The lowest BCUT2D eigenvalue weighted by molar-refractivity contribution is -0.123. The number of thiazole rings is 1. The number of nitrogens with one attached hydrogen (secondary N) is 2. The molecule has 3 rings (SSSR count). The molecule has 0 saturated carbocycles. The number of hydrogen-bond acceptors (Lipinski definition) is 4. The minimum Gasteiger partial charge on any atom is -0.347 e. The minimum absolute atomic E-state index is 0.0797. The van der Waals surface area contributed by atoms with Crippen LogP contribution in [-0.2, 0) is 16.0 Å². The van der Waals surface area contributed by atoms with Crippen molar-refractivity contribution in [3.05, 3.63) is 71.1 Å². The quantitative estimate of drug-likeness (QED) is 0.631. The summed E-state index contributed by atoms with van der Waals surface area (Å²) in [6.45, 7) is 4.23. The maximum absolute atomic E-state index is 12.1. The molecule has 0 aliphatic heterocycles. The summed E-state index contributed by atoms with van der Waals surface area (Å²) < 4.78 is 0. The second kappa shape index (κ2) is 9.28. The van der Waals surface area contributed by atoms with Gasteiger partial charge in [0.25, 0.3) is 0 Å². The second-order valence-corrected chi connectivity index (χ2v) is 7.66. The van der Waals surface area contributed by atoms with Crippen molar-refractivity contribution < 1.29 is 9.59 Å². The van der Waals surface area contributed by atoms with Gasteiger partial charge in [0.2, 0.25) is 11.8 Å². The lowest BCUT2D eigenvalue weighted by atomic mass is 10.0. The molecule has 1 heterocycles. The van der Waals surface area contributed by atoms with Gasteiger partial charge in [0.05, 0.1) is 18.7 Å². The lowest BCUT2D eigenvalue weighted by Crippen LogP contribution is -2.33. The SMILES string of the molecule is CC(C)c1ccc(-c2csc(NC(=O)CNC(=O)Cc3ccccc3)n2)cc1. The van der Waals surface area contributed by atoms with Crippen molar-refractivity contribution in [2.45, 2.75) is 26.2 Å². The summed E-state index contributed by atoms with van der Waals surface area (Å²) in [5, 5.41) is 7.80. The van der Waals surface area contributed by atoms with E-state index < -0.39 is 0 Å². The Hall–Kier alpha value is -2.99. The van der Waals surface area contributed by atoms with Crippen LogP contribution < -0.4 is 10.6 Å². The summed E-state index contributed by atoms with van der Waals surface area (Å²) in [7, 11) is 0. The van der Waals surface area contributed by atoms with E-state index in [0.717, 1.165) is 16.8 Å². The van der Waals surface area contributed by atoms with Gasteiger partial charge in [-0.1, -0.05) is 68.4 Å². The Bertz CT molecular complexity index is 934. The Labute approximate surface area is 168 Å². The van der Waals surface area contributed by atoms with Crippen LogP contribution in [0.5, 0.6) is 0 Å². The summed E-state index contributed by atoms with van der Waals surface area (Å²) in [4.78, 5) is 28.5. The smallest absolute Gasteiger partial charge is 0.245 e. The average molecular weight is 394 g/mol. The molecule has 6 heteroatoms. The number of nitrogens with zero attached hydrogens (tertiary/aromatic N) is 1. The van der Waals surface area contributed by atoms with Crippen molar-refractivity contribution in [3.8, 4) is 11.3 Å². The highest BCUT2D eigenvalue weighted by atomic mass is 32.1. The molecule has 3 aromatic rings. The molecule has 0 saturated heterocycles. The number of hydrogen-bond donors (Lipinski definition) is 2. The van der Waals surface area contributed by atoms with Crippen molar-refractivity contribution in [2.75, 3.05) is 11.9 Å². The predicted octanol–water partition coefficient (Wildman–Crippen LogP) is 4.23. The first-order valence-corrected chi connectivity index (χ1v) is 10.1. The first-order chi connectivity index (χ1) is 13.5. The summed E-state index contributed by atoms with van der Waals surface area (Å²) in [6, 6.07) is 17.7. The van der Waals surface area contributed by atoms with Crippen molar-refractivity contribution in [1.29, 1.82) is 0 Å². The van der Waals surface area contributed by atoms with E-state index >= 15 is 0 Å². The molecule has 144 valence electrons. The fraction of sp³-hybridized carbons (Fsp3) is 0.227. The molecule has 5 nitrogen and oxygen atoms in total. The van der Waals surface area contributed by atoms with E-state index in [0.29, 0.717) is 11.0 Å². The minimum atomic E-state index is -0.294. The highest BCUT2D eigenvalue weighted by Crippen LogP contribution is 2.26. The molecule has 0 unspecified atom stereocenters. The first kappa shape index (κ1) is 19.8. The van der Waals surface area contributed by atoms with Crippen LogP contribution >= 0.6 is 11.3 Å². The van der Waals surface area contributed by atoms with Crippen LogP contribution in [-0.4, -0.2) is 23.3 Å². The van der Waals surface area contributed by atoms with E-state index in [1.807, 2.05) is 47.8 Å². The third-order valence-corrected chi connectivity index (χ3v) is 5.03. The fourth-order valence-corrected chi connectivity index (χ4v) is 3.42. The number of rotatable bonds is 7. The van der Waals surface area contributed by atoms with Crippen LogP contribution in [0.4, 0.5) is 5.13 Å². The monoisotopic (exact) mass is 393 g/mol. The van der Waals surface area contributed by atoms with E-state index in [1.165, 1.54) is 16.9 Å². The molecule has 2 N–H and O–H groups in total. The molecule has 0 aliphatic carbocycles. The Morgan fingerprint density at radius 2 is 1.71 bits per heavy atom. The zero-order valence-corrected chi connectivity index (χ0v) is 16.8. The van der Waals surface area contributed by atoms with Crippen LogP contribution in [0.3, 0.4) is 0 Å². The number of anilines is 1. The van der Waals surface area contributed by atoms with Crippen LogP contribution in [0.2, 0.25) is 0 Å². The largest absolute Gasteiger partial charge is 0.347 e. The van der Waals surface area contributed by atoms with Gasteiger partial charge >= 0.3 is 0 Å². The van der Waals surface area contributed by atoms with Gasteiger partial charge in [-0.25, -0.2) is 4.98 Å². The Morgan fingerprint density at radius 3 is 2.39 bits per heavy atom. The lowest BCUT2D eigenvalue weighted by Gasteiger charge is -2.06. The molecular formula is C22H23N3O2S. The maximum Gasteiger partial charge on any atom is 0.245 e. The number of benzene rings is 2. The zero-order valence-electron chi connectivity index (χ0n) is 15.9. The van der Waals surface area contributed by atoms with Crippen molar-refractivity contribution in [3.63, 3.8) is 0 Å². The van der Waals surface area contributed by atoms with Gasteiger partial charge in [-0.05, 0) is 17.0 Å². The van der Waals surface area contributed by atoms with Gasteiger partial charge in [-0.2, -0.15) is 0 Å². The van der Waals surface area contributed by atoms with E-state index in [4.69, 9.17) is 0 Å². The Balaban J connectivity index is 1.50. The number of aromatic nitrogens is 1. The van der Waals surface area contributed by atoms with Crippen molar-refractivity contribution in [2.24, 2.45) is 0 Å². The van der Waals surface area contributed by atoms with Gasteiger partial charge in [0.1, 0.15) is 0 Å². The molecule has 2 amide bonds. The molecule has 28 heavy (non-hydrogen) atoms. The third kappa shape index (κ3) is 5.50. The Kier molecular flexibility index (Phi) is 6.55. The number of amides is 2. The van der Waals surface area contributed by atoms with Crippen LogP contribution in [0.1, 0.15) is 30.9 Å². The first-order valence-electron chi connectivity index (χ1n) is 9.17. The maximum atomic E-state index is 12.1. The van der Waals surface area contributed by atoms with Crippen molar-refractivity contribution in [1.82, 2.24) is 10.3 Å². The molecule has 0 radical (unpaired) electrons. The molecule has 0 fully saturated rings. The normalized spacial score (nSPS) is 10.7. The predicted molar refractivity (Wildman–Crippen MR) is 113 cm³/mol. The van der Waals surface area contributed by atoms with E-state index in [1.54, 1.807) is 0 Å². The zero-order chi connectivity index (χ0) is 19.9. The third-order valence-electron chi connectivity index (χ3n) is 4.28. The standard InChI is InChI=1S/C22H23N3O2S/c1-15(2)17-8-10-18(11-9-17)19-14-28-22(24-19)25-21(27)13-23-20(26)12-16-6-4-3-5-7-16/h3-11,14-15H,12-13H2,1-2H3,(H,23,26)(H,24,25,27). The number of carbonyl (C=O) groups is 2. The highest BCUT2D eigenvalue weighted by Gasteiger charge is 2.10. The van der Waals surface area contributed by atoms with Crippen LogP contribution in [0, 0.1) is 0 Å². The molecule has 0 atom stereocenters. The van der Waals surface area contributed by atoms with E-state index in [9.17, 15) is 9.59 Å². The number of carbonyl (C=O) groups excluding carboxylic acids is 2. The van der Waals surface area contributed by atoms with E-state index in [2.05, 4.69) is 41.6 Å². The molecule has 0 bridgehead atoms. The van der Waals surface area contributed by atoms with Gasteiger partial charge in [0, 0.05) is 10.9 Å². The van der Waals surface area contributed by atoms with E-state index in [-0.39, 0.29) is 24.8 Å². The molecule has 0 aliphatic rings. The van der Waals surface area contributed by atoms with Gasteiger partial charge < -0.3 is 10.6 Å². The topological polar surface area (TPSA) is 71.1 Å². The summed E-state index contributed by atoms with van der Waals surface area (Å²) in [5.41, 5.74) is 4.02. The summed E-state index contributed by atoms with van der Waals surface area (Å²) >= 11 is 1.36.